The normalized spacial score (nSPS) is 17.4. The number of rotatable bonds is 7. The van der Waals surface area contributed by atoms with Crippen molar-refractivity contribution in [3.63, 3.8) is 0 Å². The van der Waals surface area contributed by atoms with E-state index >= 15 is 0 Å². The van der Waals surface area contributed by atoms with Crippen molar-refractivity contribution < 1.29 is 9.53 Å². The van der Waals surface area contributed by atoms with Gasteiger partial charge in [0, 0.05) is 52.2 Å². The van der Waals surface area contributed by atoms with Gasteiger partial charge in [0.25, 0.3) is 0 Å². The second-order valence-corrected chi connectivity index (χ2v) is 8.27. The Morgan fingerprint density at radius 3 is 2.72 bits per heavy atom. The number of piperidine rings is 1. The number of hydrogen-bond acceptors (Lipinski definition) is 4. The van der Waals surface area contributed by atoms with E-state index in [0.717, 1.165) is 64.4 Å². The van der Waals surface area contributed by atoms with Crippen molar-refractivity contribution in [1.82, 2.24) is 25.3 Å². The molecule has 1 amide bonds. The van der Waals surface area contributed by atoms with Crippen LogP contribution in [0.1, 0.15) is 46.5 Å². The van der Waals surface area contributed by atoms with Gasteiger partial charge in [-0.3, -0.25) is 9.67 Å². The lowest BCUT2D eigenvalue weighted by Crippen LogP contribution is -2.44. The number of carbonyl (C=O) groups excluding carboxylic acids is 1. The average Bonchev–Trinajstić information content (AvgIpc) is 3.16. The van der Waals surface area contributed by atoms with Crippen LogP contribution in [0.15, 0.2) is 23.5 Å². The Balaban J connectivity index is 0.00000420. The number of carbonyl (C=O) groups is 1. The molecule has 0 spiro atoms. The molecule has 1 unspecified atom stereocenters. The third kappa shape index (κ3) is 10.2. The highest BCUT2D eigenvalue weighted by molar-refractivity contribution is 14.0. The molecule has 1 atom stereocenters. The maximum Gasteiger partial charge on any atom is 0.410 e. The van der Waals surface area contributed by atoms with Gasteiger partial charge in [-0.25, -0.2) is 4.79 Å². The molecule has 1 aliphatic rings. The standard InChI is InChI=1S/C20H36N6O2.HI/c1-20(2,3)28-19(27)25-13-5-8-17(16-25)9-12-23-18(21-4)22-10-6-14-26-15-7-11-24-26;/h7,11,15,17H,5-6,8-10,12-14,16H2,1-4H3,(H2,21,22,23);1H. The van der Waals surface area contributed by atoms with Crippen molar-refractivity contribution in [2.45, 2.75) is 58.6 Å². The van der Waals surface area contributed by atoms with Gasteiger partial charge in [-0.1, -0.05) is 0 Å². The van der Waals surface area contributed by atoms with E-state index in [4.69, 9.17) is 4.74 Å². The first-order valence-corrected chi connectivity index (χ1v) is 10.3. The highest BCUT2D eigenvalue weighted by Crippen LogP contribution is 2.21. The van der Waals surface area contributed by atoms with Gasteiger partial charge in [-0.15, -0.1) is 24.0 Å². The first-order valence-electron chi connectivity index (χ1n) is 10.3. The molecule has 2 rings (SSSR count). The van der Waals surface area contributed by atoms with Crippen LogP contribution < -0.4 is 10.6 Å². The van der Waals surface area contributed by atoms with E-state index in [-0.39, 0.29) is 30.1 Å². The lowest BCUT2D eigenvalue weighted by Gasteiger charge is -2.34. The van der Waals surface area contributed by atoms with Gasteiger partial charge in [0.2, 0.25) is 0 Å². The van der Waals surface area contributed by atoms with Crippen molar-refractivity contribution in [3.05, 3.63) is 18.5 Å². The summed E-state index contributed by atoms with van der Waals surface area (Å²) in [4.78, 5) is 18.4. The number of guanidine groups is 1. The summed E-state index contributed by atoms with van der Waals surface area (Å²) < 4.78 is 7.43. The fourth-order valence-electron chi connectivity index (χ4n) is 3.29. The molecule has 1 aromatic rings. The Morgan fingerprint density at radius 1 is 1.31 bits per heavy atom. The van der Waals surface area contributed by atoms with E-state index < -0.39 is 5.60 Å². The zero-order chi connectivity index (χ0) is 20.4. The van der Waals surface area contributed by atoms with Crippen LogP contribution in [0.25, 0.3) is 0 Å². The smallest absolute Gasteiger partial charge is 0.410 e. The lowest BCUT2D eigenvalue weighted by molar-refractivity contribution is 0.0162. The van der Waals surface area contributed by atoms with Gasteiger partial charge < -0.3 is 20.3 Å². The van der Waals surface area contributed by atoms with Crippen molar-refractivity contribution >= 4 is 36.0 Å². The van der Waals surface area contributed by atoms with Crippen LogP contribution in [-0.2, 0) is 11.3 Å². The second-order valence-electron chi connectivity index (χ2n) is 8.27. The predicted octanol–water partition coefficient (Wildman–Crippen LogP) is 3.09. The van der Waals surface area contributed by atoms with E-state index in [0.29, 0.717) is 5.92 Å². The average molecular weight is 520 g/mol. The minimum Gasteiger partial charge on any atom is -0.444 e. The summed E-state index contributed by atoms with van der Waals surface area (Å²) >= 11 is 0. The molecular weight excluding hydrogens is 483 g/mol. The molecule has 0 saturated carbocycles. The van der Waals surface area contributed by atoms with Gasteiger partial charge in [0.05, 0.1) is 0 Å². The number of amides is 1. The predicted molar refractivity (Wildman–Crippen MR) is 127 cm³/mol. The third-order valence-corrected chi connectivity index (χ3v) is 4.65. The summed E-state index contributed by atoms with van der Waals surface area (Å²) in [7, 11) is 1.79. The third-order valence-electron chi connectivity index (χ3n) is 4.65. The van der Waals surface area contributed by atoms with E-state index in [1.54, 1.807) is 13.2 Å². The number of aryl methyl sites for hydroxylation is 1. The van der Waals surface area contributed by atoms with E-state index in [1.165, 1.54) is 0 Å². The van der Waals surface area contributed by atoms with Crippen LogP contribution in [0.4, 0.5) is 4.79 Å². The van der Waals surface area contributed by atoms with Crippen LogP contribution in [0.5, 0.6) is 0 Å². The summed E-state index contributed by atoms with van der Waals surface area (Å²) in [5.41, 5.74) is -0.443. The molecule has 0 aliphatic carbocycles. The number of ether oxygens (including phenoxy) is 1. The van der Waals surface area contributed by atoms with Crippen molar-refractivity contribution in [1.29, 1.82) is 0 Å². The number of nitrogens with one attached hydrogen (secondary N) is 2. The summed E-state index contributed by atoms with van der Waals surface area (Å²) in [6.45, 7) is 9.85. The topological polar surface area (TPSA) is 83.8 Å². The van der Waals surface area contributed by atoms with Gasteiger partial charge in [-0.05, 0) is 58.4 Å². The quantitative estimate of drug-likeness (QED) is 0.250. The van der Waals surface area contributed by atoms with Crippen LogP contribution in [0, 0.1) is 5.92 Å². The van der Waals surface area contributed by atoms with E-state index in [1.807, 2.05) is 42.6 Å². The fraction of sp³-hybridized carbons (Fsp3) is 0.750. The first-order chi connectivity index (χ1) is 13.4. The minimum absolute atomic E-state index is 0. The van der Waals surface area contributed by atoms with Crippen LogP contribution in [0.2, 0.25) is 0 Å². The fourth-order valence-corrected chi connectivity index (χ4v) is 3.29. The molecule has 1 fully saturated rings. The molecule has 0 aromatic carbocycles. The molecule has 29 heavy (non-hydrogen) atoms. The lowest BCUT2D eigenvalue weighted by atomic mass is 9.95. The van der Waals surface area contributed by atoms with Crippen LogP contribution in [-0.4, -0.2) is 65.6 Å². The van der Waals surface area contributed by atoms with Crippen molar-refractivity contribution in [2.75, 3.05) is 33.2 Å². The number of hydrogen-bond donors (Lipinski definition) is 2. The molecule has 2 heterocycles. The zero-order valence-electron chi connectivity index (χ0n) is 18.2. The van der Waals surface area contributed by atoms with Gasteiger partial charge in [0.1, 0.15) is 5.60 Å². The molecule has 1 aromatic heterocycles. The molecular formula is C20H37IN6O2. The Bertz CT molecular complexity index is 615. The largest absolute Gasteiger partial charge is 0.444 e. The molecule has 166 valence electrons. The SMILES string of the molecule is CN=C(NCCCn1cccn1)NCCC1CCCN(C(=O)OC(C)(C)C)C1.I. The Labute approximate surface area is 191 Å². The summed E-state index contributed by atoms with van der Waals surface area (Å²) in [6.07, 6.45) is 7.74. The number of nitrogens with zero attached hydrogens (tertiary/aromatic N) is 4. The van der Waals surface area contributed by atoms with E-state index in [2.05, 4.69) is 20.7 Å². The number of aliphatic imine (C=N–C) groups is 1. The maximum atomic E-state index is 12.3. The summed E-state index contributed by atoms with van der Waals surface area (Å²) in [6, 6.07) is 1.93. The summed E-state index contributed by atoms with van der Waals surface area (Å²) in [5, 5.41) is 10.9. The van der Waals surface area contributed by atoms with Crippen LogP contribution >= 0.6 is 24.0 Å². The molecule has 2 N–H and O–H groups in total. The number of halogens is 1. The van der Waals surface area contributed by atoms with Crippen molar-refractivity contribution in [3.8, 4) is 0 Å². The zero-order valence-corrected chi connectivity index (χ0v) is 20.5. The highest BCUT2D eigenvalue weighted by Gasteiger charge is 2.27. The summed E-state index contributed by atoms with van der Waals surface area (Å²) in [5.74, 6) is 1.31. The number of aromatic nitrogens is 2. The number of likely N-dealkylation sites (tertiary alicyclic amines) is 1. The minimum atomic E-state index is -0.443. The van der Waals surface area contributed by atoms with E-state index in [9.17, 15) is 4.79 Å². The van der Waals surface area contributed by atoms with Crippen LogP contribution in [0.3, 0.4) is 0 Å². The second kappa shape index (κ2) is 12.9. The van der Waals surface area contributed by atoms with Gasteiger partial charge >= 0.3 is 6.09 Å². The molecule has 0 radical (unpaired) electrons. The molecule has 0 bridgehead atoms. The molecule has 9 heteroatoms. The molecule has 1 aliphatic heterocycles. The Kier molecular flexibility index (Phi) is 11.4. The van der Waals surface area contributed by atoms with Gasteiger partial charge in [0.15, 0.2) is 5.96 Å². The molecule has 1 saturated heterocycles. The monoisotopic (exact) mass is 520 g/mol. The first kappa shape index (κ1) is 25.5. The Hall–Kier alpha value is -1.52. The van der Waals surface area contributed by atoms with Gasteiger partial charge in [-0.2, -0.15) is 5.10 Å². The highest BCUT2D eigenvalue weighted by atomic mass is 127. The molecule has 8 nitrogen and oxygen atoms in total. The van der Waals surface area contributed by atoms with Crippen molar-refractivity contribution in [2.24, 2.45) is 10.9 Å². The maximum absolute atomic E-state index is 12.3. The Morgan fingerprint density at radius 2 is 2.07 bits per heavy atom.